The van der Waals surface area contributed by atoms with E-state index >= 15 is 0 Å². The summed E-state index contributed by atoms with van der Waals surface area (Å²) in [6.07, 6.45) is 1.85. The highest BCUT2D eigenvalue weighted by Gasteiger charge is 2.18. The first-order chi connectivity index (χ1) is 34.7. The first-order valence-corrected chi connectivity index (χ1v) is 23.5. The number of nitrogens with zero attached hydrogens (tertiary/aromatic N) is 6. The molecule has 0 saturated carbocycles. The van der Waals surface area contributed by atoms with Crippen molar-refractivity contribution in [2.24, 2.45) is 0 Å². The zero-order chi connectivity index (χ0) is 46.4. The summed E-state index contributed by atoms with van der Waals surface area (Å²) in [6, 6.07) is 87.6. The highest BCUT2D eigenvalue weighted by molar-refractivity contribution is 6.10. The van der Waals surface area contributed by atoms with Crippen molar-refractivity contribution in [1.29, 1.82) is 0 Å². The molecule has 0 N–H and O–H groups in total. The molecule has 328 valence electrons. The van der Waals surface area contributed by atoms with Gasteiger partial charge in [-0.05, 0) is 118 Å². The van der Waals surface area contributed by atoms with E-state index in [2.05, 4.69) is 252 Å². The maximum Gasteiger partial charge on any atom is 0.164 e. The lowest BCUT2D eigenvalue weighted by molar-refractivity contribution is 1.07. The highest BCUT2D eigenvalue weighted by Crippen LogP contribution is 2.39. The number of benzene rings is 10. The Kier molecular flexibility index (Phi) is 10.1. The average molecular weight is 895 g/mol. The lowest BCUT2D eigenvalue weighted by atomic mass is 10.0. The van der Waals surface area contributed by atoms with Gasteiger partial charge in [0.1, 0.15) is 0 Å². The standard InChI is InChI=1S/C64H42N6/c1-3-17-52(18-4-1)69(53-19-5-2-6-20-53)54-35-30-44(31-36-54)50-34-39-60-58(42-50)57-21-9-10-23-59(57)70(60)55-37-32-48(33-38-55)63-66-62(67-64(68-63)51-29-24-43-13-7-8-14-49(43)41-51)47-27-25-45(26-28-47)56-22-11-15-46-16-12-40-65-61(46)56/h1-42H. The number of fused-ring (bicyclic) bond motifs is 5. The second kappa shape index (κ2) is 17.3. The van der Waals surface area contributed by atoms with E-state index in [1.807, 2.05) is 12.3 Å². The van der Waals surface area contributed by atoms with Gasteiger partial charge in [-0.1, -0.05) is 158 Å². The molecule has 10 aromatic carbocycles. The van der Waals surface area contributed by atoms with Crippen LogP contribution in [-0.4, -0.2) is 24.5 Å². The molecular weight excluding hydrogens is 853 g/mol. The van der Waals surface area contributed by atoms with E-state index in [0.717, 1.165) is 89.0 Å². The smallest absolute Gasteiger partial charge is 0.164 e. The number of anilines is 3. The van der Waals surface area contributed by atoms with Crippen LogP contribution < -0.4 is 4.90 Å². The third kappa shape index (κ3) is 7.41. The zero-order valence-electron chi connectivity index (χ0n) is 37.9. The van der Waals surface area contributed by atoms with Crippen molar-refractivity contribution in [3.8, 4) is 62.1 Å². The molecule has 6 nitrogen and oxygen atoms in total. The Balaban J connectivity index is 0.858. The average Bonchev–Trinajstić information content (AvgIpc) is 3.77. The van der Waals surface area contributed by atoms with Crippen LogP contribution in [0.2, 0.25) is 0 Å². The molecule has 0 aliphatic carbocycles. The van der Waals surface area contributed by atoms with Gasteiger partial charge in [-0.15, -0.1) is 0 Å². The van der Waals surface area contributed by atoms with Gasteiger partial charge in [0.2, 0.25) is 0 Å². The summed E-state index contributed by atoms with van der Waals surface area (Å²) in [6.45, 7) is 0. The van der Waals surface area contributed by atoms with Crippen LogP contribution in [0.1, 0.15) is 0 Å². The van der Waals surface area contributed by atoms with Crippen LogP contribution in [0.3, 0.4) is 0 Å². The molecule has 0 atom stereocenters. The van der Waals surface area contributed by atoms with E-state index in [1.54, 1.807) is 0 Å². The fourth-order valence-electron chi connectivity index (χ4n) is 9.82. The van der Waals surface area contributed by atoms with Crippen molar-refractivity contribution in [3.63, 3.8) is 0 Å². The first kappa shape index (κ1) is 40.7. The number of pyridine rings is 1. The minimum atomic E-state index is 0.607. The Morgan fingerprint density at radius 1 is 0.314 bits per heavy atom. The molecular formula is C64H42N6. The van der Waals surface area contributed by atoms with E-state index in [-0.39, 0.29) is 0 Å². The fraction of sp³-hybridized carbons (Fsp3) is 0. The van der Waals surface area contributed by atoms with Crippen molar-refractivity contribution in [2.45, 2.75) is 0 Å². The van der Waals surface area contributed by atoms with Gasteiger partial charge in [0, 0.05) is 67.4 Å². The molecule has 0 radical (unpaired) electrons. The van der Waals surface area contributed by atoms with Crippen LogP contribution >= 0.6 is 0 Å². The molecule has 0 aliphatic rings. The van der Waals surface area contributed by atoms with Gasteiger partial charge in [-0.3, -0.25) is 4.98 Å². The monoisotopic (exact) mass is 894 g/mol. The molecule has 3 aromatic heterocycles. The van der Waals surface area contributed by atoms with Gasteiger partial charge < -0.3 is 9.47 Å². The van der Waals surface area contributed by atoms with Crippen LogP contribution in [-0.2, 0) is 0 Å². The Labute approximate surface area is 405 Å². The van der Waals surface area contributed by atoms with Gasteiger partial charge in [-0.2, -0.15) is 0 Å². The maximum atomic E-state index is 5.15. The quantitative estimate of drug-likeness (QED) is 0.144. The summed E-state index contributed by atoms with van der Waals surface area (Å²) >= 11 is 0. The molecule has 0 bridgehead atoms. The predicted molar refractivity (Wildman–Crippen MR) is 289 cm³/mol. The van der Waals surface area contributed by atoms with Crippen molar-refractivity contribution in [1.82, 2.24) is 24.5 Å². The summed E-state index contributed by atoms with van der Waals surface area (Å²) < 4.78 is 2.35. The van der Waals surface area contributed by atoms with Crippen LogP contribution in [0.5, 0.6) is 0 Å². The minimum Gasteiger partial charge on any atom is -0.311 e. The van der Waals surface area contributed by atoms with E-state index in [9.17, 15) is 0 Å². The van der Waals surface area contributed by atoms with Crippen LogP contribution in [0.4, 0.5) is 17.1 Å². The molecule has 0 amide bonds. The largest absolute Gasteiger partial charge is 0.311 e. The van der Waals surface area contributed by atoms with Gasteiger partial charge in [0.25, 0.3) is 0 Å². The van der Waals surface area contributed by atoms with E-state index in [1.165, 1.54) is 16.2 Å². The topological polar surface area (TPSA) is 59.7 Å². The van der Waals surface area contributed by atoms with Crippen molar-refractivity contribution < 1.29 is 0 Å². The fourth-order valence-corrected chi connectivity index (χ4v) is 9.82. The molecule has 0 spiro atoms. The lowest BCUT2D eigenvalue weighted by Crippen LogP contribution is -2.09. The summed E-state index contributed by atoms with van der Waals surface area (Å²) in [5, 5.41) is 5.80. The van der Waals surface area contributed by atoms with Gasteiger partial charge in [0.05, 0.1) is 16.6 Å². The third-order valence-corrected chi connectivity index (χ3v) is 13.3. The Morgan fingerprint density at radius 3 is 1.57 bits per heavy atom. The molecule has 0 aliphatic heterocycles. The summed E-state index contributed by atoms with van der Waals surface area (Å²) in [5.41, 5.74) is 14.9. The number of hydrogen-bond acceptors (Lipinski definition) is 5. The van der Waals surface area contributed by atoms with Crippen LogP contribution in [0.25, 0.3) is 106 Å². The summed E-state index contributed by atoms with van der Waals surface area (Å²) in [4.78, 5) is 22.4. The van der Waals surface area contributed by atoms with Crippen molar-refractivity contribution >= 4 is 60.5 Å². The number of aromatic nitrogens is 5. The molecule has 13 aromatic rings. The van der Waals surface area contributed by atoms with Crippen LogP contribution in [0, 0.1) is 0 Å². The maximum absolute atomic E-state index is 5.15. The highest BCUT2D eigenvalue weighted by atomic mass is 15.1. The molecule has 0 fully saturated rings. The zero-order valence-corrected chi connectivity index (χ0v) is 37.9. The minimum absolute atomic E-state index is 0.607. The lowest BCUT2D eigenvalue weighted by Gasteiger charge is -2.25. The predicted octanol–water partition coefficient (Wildman–Crippen LogP) is 16.5. The molecule has 13 rings (SSSR count). The van der Waals surface area contributed by atoms with Crippen molar-refractivity contribution in [2.75, 3.05) is 4.90 Å². The normalized spacial score (nSPS) is 11.4. The SMILES string of the molecule is c1ccc(N(c2ccccc2)c2ccc(-c3ccc4c(c3)c3ccccc3n4-c3ccc(-c4nc(-c5ccc(-c6cccc7cccnc67)cc5)nc(-c5ccc6ccccc6c5)n4)cc3)cc2)cc1. The van der Waals surface area contributed by atoms with Gasteiger partial charge in [0.15, 0.2) is 17.5 Å². The molecule has 70 heavy (non-hydrogen) atoms. The molecule has 3 heterocycles. The number of para-hydroxylation sites is 4. The Morgan fingerprint density at radius 2 is 0.843 bits per heavy atom. The Hall–Kier alpha value is -9.52. The van der Waals surface area contributed by atoms with Gasteiger partial charge >= 0.3 is 0 Å². The van der Waals surface area contributed by atoms with E-state index in [0.29, 0.717) is 17.5 Å². The molecule has 0 saturated heterocycles. The summed E-state index contributed by atoms with van der Waals surface area (Å²) in [7, 11) is 0. The molecule has 6 heteroatoms. The number of rotatable bonds is 9. The van der Waals surface area contributed by atoms with Gasteiger partial charge in [-0.25, -0.2) is 15.0 Å². The summed E-state index contributed by atoms with van der Waals surface area (Å²) in [5.74, 6) is 1.84. The van der Waals surface area contributed by atoms with E-state index in [4.69, 9.17) is 19.9 Å². The Bertz CT molecular complexity index is 3990. The van der Waals surface area contributed by atoms with Crippen molar-refractivity contribution in [3.05, 3.63) is 255 Å². The third-order valence-electron chi connectivity index (χ3n) is 13.3. The second-order valence-electron chi connectivity index (χ2n) is 17.5. The molecule has 0 unspecified atom stereocenters. The van der Waals surface area contributed by atoms with Crippen LogP contribution in [0.15, 0.2) is 255 Å². The first-order valence-electron chi connectivity index (χ1n) is 23.5. The van der Waals surface area contributed by atoms with E-state index < -0.39 is 0 Å². The number of hydrogen-bond donors (Lipinski definition) is 0. The second-order valence-corrected chi connectivity index (χ2v) is 17.5.